The van der Waals surface area contributed by atoms with E-state index in [0.717, 1.165) is 6.07 Å². The largest absolute Gasteiger partial charge is 0.475 e. The van der Waals surface area contributed by atoms with Gasteiger partial charge in [0, 0.05) is 19.7 Å². The number of carboxylic acid groups (broad SMARTS) is 1. The molecule has 1 aromatic heterocycles. The lowest BCUT2D eigenvalue weighted by atomic mass is 10.2. The first kappa shape index (κ1) is 13.1. The Hall–Kier alpha value is -2.38. The molecule has 0 saturated carbocycles. The maximum Gasteiger partial charge on any atom is 0.374 e. The highest BCUT2D eigenvalue weighted by Crippen LogP contribution is 2.20. The molecule has 2 rings (SSSR count). The first-order valence-electron chi connectivity index (χ1n) is 5.77. The molecular weight excluding hydrogens is 254 g/mol. The van der Waals surface area contributed by atoms with Crippen LogP contribution in [0.2, 0.25) is 0 Å². The van der Waals surface area contributed by atoms with E-state index in [4.69, 9.17) is 5.11 Å². The summed E-state index contributed by atoms with van der Waals surface area (Å²) in [7, 11) is 1.50. The molecule has 0 radical (unpaired) electrons. The van der Waals surface area contributed by atoms with E-state index in [1.165, 1.54) is 11.9 Å². The summed E-state index contributed by atoms with van der Waals surface area (Å²) in [5, 5.41) is 14.6. The van der Waals surface area contributed by atoms with Crippen molar-refractivity contribution in [2.24, 2.45) is 0 Å². The number of nitrogens with one attached hydrogen (secondary N) is 1. The number of nitrogens with zero attached hydrogens (tertiary/aromatic N) is 2. The van der Waals surface area contributed by atoms with Crippen LogP contribution in [0.5, 0.6) is 0 Å². The van der Waals surface area contributed by atoms with Gasteiger partial charge >= 0.3 is 5.97 Å². The Kier molecular flexibility index (Phi) is 3.50. The molecule has 8 nitrogen and oxygen atoms in total. The van der Waals surface area contributed by atoms with Gasteiger partial charge in [0.1, 0.15) is 6.04 Å². The third-order valence-corrected chi connectivity index (χ3v) is 3.00. The highest BCUT2D eigenvalue weighted by atomic mass is 16.5. The predicted molar refractivity (Wildman–Crippen MR) is 61.6 cm³/mol. The molecule has 0 bridgehead atoms. The van der Waals surface area contributed by atoms with Gasteiger partial charge in [-0.05, 0) is 12.8 Å². The number of likely N-dealkylation sites (tertiary alicyclic amines) is 1. The van der Waals surface area contributed by atoms with Crippen LogP contribution in [0.15, 0.2) is 10.6 Å². The smallest absolute Gasteiger partial charge is 0.374 e. The van der Waals surface area contributed by atoms with Crippen LogP contribution < -0.4 is 5.32 Å². The van der Waals surface area contributed by atoms with E-state index in [1.807, 2.05) is 0 Å². The molecule has 0 aromatic carbocycles. The molecule has 0 spiro atoms. The van der Waals surface area contributed by atoms with Crippen LogP contribution in [0.4, 0.5) is 0 Å². The fourth-order valence-corrected chi connectivity index (χ4v) is 2.07. The summed E-state index contributed by atoms with van der Waals surface area (Å²) in [5.41, 5.74) is -0.104. The monoisotopic (exact) mass is 267 g/mol. The van der Waals surface area contributed by atoms with Crippen LogP contribution in [0.25, 0.3) is 0 Å². The maximum absolute atomic E-state index is 12.1. The van der Waals surface area contributed by atoms with Crippen LogP contribution in [-0.4, -0.2) is 52.6 Å². The van der Waals surface area contributed by atoms with Crippen molar-refractivity contribution >= 4 is 17.8 Å². The molecule has 1 atom stereocenters. The van der Waals surface area contributed by atoms with E-state index in [0.29, 0.717) is 19.4 Å². The van der Waals surface area contributed by atoms with Gasteiger partial charge in [-0.25, -0.2) is 4.79 Å². The van der Waals surface area contributed by atoms with Crippen molar-refractivity contribution in [3.05, 3.63) is 17.5 Å². The molecule has 1 aromatic rings. The lowest BCUT2D eigenvalue weighted by Crippen LogP contribution is -2.45. The molecule has 2 heterocycles. The van der Waals surface area contributed by atoms with Crippen LogP contribution in [0.3, 0.4) is 0 Å². The fourth-order valence-electron chi connectivity index (χ4n) is 2.07. The summed E-state index contributed by atoms with van der Waals surface area (Å²) in [5.74, 6) is -2.44. The standard InChI is InChI=1S/C11H13N3O5/c1-12-9(15)7-3-2-4-14(7)10(16)6-5-8(11(17)18)19-13-6/h5,7H,2-4H2,1H3,(H,12,15)(H,17,18). The second-order valence-corrected chi connectivity index (χ2v) is 4.15. The summed E-state index contributed by atoms with van der Waals surface area (Å²) < 4.78 is 4.53. The molecule has 8 heteroatoms. The van der Waals surface area contributed by atoms with E-state index >= 15 is 0 Å². The molecule has 0 aliphatic carbocycles. The summed E-state index contributed by atoms with van der Waals surface area (Å²) in [6.45, 7) is 0.437. The van der Waals surface area contributed by atoms with Gasteiger partial charge in [-0.1, -0.05) is 5.16 Å². The van der Waals surface area contributed by atoms with Crippen LogP contribution in [0, 0.1) is 0 Å². The van der Waals surface area contributed by atoms with Gasteiger partial charge in [-0.3, -0.25) is 9.59 Å². The van der Waals surface area contributed by atoms with Gasteiger partial charge in [-0.2, -0.15) is 0 Å². The number of amides is 2. The number of aromatic carboxylic acids is 1. The molecule has 1 aliphatic rings. The normalized spacial score (nSPS) is 18.4. The fraction of sp³-hybridized carbons (Fsp3) is 0.455. The van der Waals surface area contributed by atoms with Crippen LogP contribution in [0.1, 0.15) is 33.9 Å². The van der Waals surface area contributed by atoms with Gasteiger partial charge in [0.15, 0.2) is 5.69 Å². The highest BCUT2D eigenvalue weighted by molar-refractivity contribution is 5.98. The number of carbonyl (C=O) groups is 3. The van der Waals surface area contributed by atoms with E-state index in [1.54, 1.807) is 0 Å². The van der Waals surface area contributed by atoms with E-state index in [-0.39, 0.29) is 11.6 Å². The Bertz CT molecular complexity index is 524. The number of aromatic nitrogens is 1. The zero-order chi connectivity index (χ0) is 14.0. The second kappa shape index (κ2) is 5.09. The zero-order valence-electron chi connectivity index (χ0n) is 10.3. The molecule has 1 saturated heterocycles. The first-order valence-corrected chi connectivity index (χ1v) is 5.77. The summed E-state index contributed by atoms with van der Waals surface area (Å²) in [6, 6.07) is 0.520. The highest BCUT2D eigenvalue weighted by Gasteiger charge is 2.35. The first-order chi connectivity index (χ1) is 9.04. The van der Waals surface area contributed by atoms with Gasteiger partial charge in [0.2, 0.25) is 11.7 Å². The SMILES string of the molecule is CNC(=O)C1CCCN1C(=O)c1cc(C(=O)O)on1. The molecule has 1 fully saturated rings. The quantitative estimate of drug-likeness (QED) is 0.779. The summed E-state index contributed by atoms with van der Waals surface area (Å²) >= 11 is 0. The zero-order valence-corrected chi connectivity index (χ0v) is 10.3. The number of carbonyl (C=O) groups excluding carboxylic acids is 2. The van der Waals surface area contributed by atoms with Crippen molar-refractivity contribution in [3.8, 4) is 0 Å². The minimum Gasteiger partial charge on any atom is -0.475 e. The molecular formula is C11H13N3O5. The maximum atomic E-state index is 12.1. The van der Waals surface area contributed by atoms with E-state index < -0.39 is 23.7 Å². The number of carboxylic acids is 1. The number of rotatable bonds is 3. The van der Waals surface area contributed by atoms with Crippen molar-refractivity contribution in [3.63, 3.8) is 0 Å². The molecule has 19 heavy (non-hydrogen) atoms. The van der Waals surface area contributed by atoms with E-state index in [9.17, 15) is 14.4 Å². The molecule has 1 aliphatic heterocycles. The Morgan fingerprint density at radius 3 is 2.84 bits per heavy atom. The minimum atomic E-state index is -1.30. The number of hydrogen-bond acceptors (Lipinski definition) is 5. The molecule has 2 amide bonds. The number of hydrogen-bond donors (Lipinski definition) is 2. The summed E-state index contributed by atoms with van der Waals surface area (Å²) in [6.07, 6.45) is 1.29. The Labute approximate surface area is 108 Å². The van der Waals surface area contributed by atoms with Crippen molar-refractivity contribution in [2.75, 3.05) is 13.6 Å². The van der Waals surface area contributed by atoms with E-state index in [2.05, 4.69) is 15.0 Å². The van der Waals surface area contributed by atoms with Gasteiger partial charge < -0.3 is 19.8 Å². The third-order valence-electron chi connectivity index (χ3n) is 3.00. The van der Waals surface area contributed by atoms with Crippen LogP contribution in [-0.2, 0) is 4.79 Å². The second-order valence-electron chi connectivity index (χ2n) is 4.15. The van der Waals surface area contributed by atoms with Gasteiger partial charge in [0.05, 0.1) is 0 Å². The number of likely N-dealkylation sites (N-methyl/N-ethyl adjacent to an activating group) is 1. The molecule has 102 valence electrons. The Morgan fingerprint density at radius 2 is 2.26 bits per heavy atom. The third kappa shape index (κ3) is 2.42. The average Bonchev–Trinajstić information content (AvgIpc) is 3.05. The summed E-state index contributed by atoms with van der Waals surface area (Å²) in [4.78, 5) is 35.8. The van der Waals surface area contributed by atoms with Crippen molar-refractivity contribution in [2.45, 2.75) is 18.9 Å². The van der Waals surface area contributed by atoms with Crippen molar-refractivity contribution in [1.82, 2.24) is 15.4 Å². The molecule has 1 unspecified atom stereocenters. The lowest BCUT2D eigenvalue weighted by molar-refractivity contribution is -0.124. The van der Waals surface area contributed by atoms with Crippen molar-refractivity contribution < 1.29 is 24.0 Å². The van der Waals surface area contributed by atoms with Gasteiger partial charge in [0.25, 0.3) is 5.91 Å². The van der Waals surface area contributed by atoms with Crippen LogP contribution >= 0.6 is 0 Å². The topological polar surface area (TPSA) is 113 Å². The Balaban J connectivity index is 2.18. The predicted octanol–water partition coefficient (Wildman–Crippen LogP) is -0.277. The van der Waals surface area contributed by atoms with Crippen molar-refractivity contribution in [1.29, 1.82) is 0 Å². The lowest BCUT2D eigenvalue weighted by Gasteiger charge is -2.21. The average molecular weight is 267 g/mol. The minimum absolute atomic E-state index is 0.104. The van der Waals surface area contributed by atoms with Gasteiger partial charge in [-0.15, -0.1) is 0 Å². The molecule has 2 N–H and O–H groups in total. The Morgan fingerprint density at radius 1 is 1.53 bits per heavy atom.